The maximum absolute atomic E-state index is 14.1. The van der Waals surface area contributed by atoms with E-state index in [2.05, 4.69) is 24.8 Å². The summed E-state index contributed by atoms with van der Waals surface area (Å²) >= 11 is 0. The normalized spacial score (nSPS) is 20.4. The molecule has 2 aliphatic carbocycles. The number of hydrogen-bond donors (Lipinski definition) is 2. The van der Waals surface area contributed by atoms with E-state index in [0.717, 1.165) is 62.8 Å². The van der Waals surface area contributed by atoms with Crippen molar-refractivity contribution in [3.63, 3.8) is 0 Å². The minimum atomic E-state index is -4.62. The Morgan fingerprint density at radius 2 is 0.934 bits per heavy atom. The van der Waals surface area contributed by atoms with Crippen molar-refractivity contribution in [2.24, 2.45) is 0 Å². The minimum absolute atomic E-state index is 0. The molecule has 2 N–H and O–H groups in total. The Kier molecular flexibility index (Phi) is 18.1. The molecule has 0 spiro atoms. The molecule has 416 valence electrons. The lowest BCUT2D eigenvalue weighted by molar-refractivity contribution is -0.253. The number of alkyl halides is 8. The van der Waals surface area contributed by atoms with Crippen LogP contribution in [0.1, 0.15) is 70.6 Å². The van der Waals surface area contributed by atoms with Crippen LogP contribution in [0.5, 0.6) is 11.5 Å². The Morgan fingerprint density at radius 1 is 0.579 bits per heavy atom. The molecule has 5 aliphatic rings. The fourth-order valence-corrected chi connectivity index (χ4v) is 13.4. The van der Waals surface area contributed by atoms with Crippen LogP contribution in [0.4, 0.5) is 35.1 Å². The summed E-state index contributed by atoms with van der Waals surface area (Å²) in [5.41, 5.74) is 4.49. The minimum Gasteiger partial charge on any atom is -0.480 e. The lowest BCUT2D eigenvalue weighted by Gasteiger charge is -2.40. The third-order valence-electron chi connectivity index (χ3n) is 14.3. The molecule has 76 heavy (non-hydrogen) atoms. The summed E-state index contributed by atoms with van der Waals surface area (Å²) in [4.78, 5) is 35.4. The van der Waals surface area contributed by atoms with Gasteiger partial charge in [-0.25, -0.2) is 27.2 Å². The number of hydrogen-bond acceptors (Lipinski definition) is 12. The number of nitrogens with one attached hydrogen (secondary N) is 1. The van der Waals surface area contributed by atoms with E-state index in [1.54, 1.807) is 0 Å². The Morgan fingerprint density at radius 3 is 1.26 bits per heavy atom. The van der Waals surface area contributed by atoms with E-state index in [0.29, 0.717) is 73.5 Å². The Bertz CT molecular complexity index is 2840. The van der Waals surface area contributed by atoms with E-state index in [1.807, 2.05) is 0 Å². The molecule has 4 aromatic carbocycles. The molecule has 3 saturated heterocycles. The average Bonchev–Trinajstić information content (AvgIpc) is 4.36. The molecule has 0 bridgehead atoms. The first kappa shape index (κ1) is 58.6. The highest BCUT2D eigenvalue weighted by Crippen LogP contribution is 2.42. The van der Waals surface area contributed by atoms with Crippen molar-refractivity contribution in [2.45, 2.75) is 133 Å². The number of benzene rings is 4. The molecule has 1 atom stereocenters. The second-order valence-corrected chi connectivity index (χ2v) is 23.7. The van der Waals surface area contributed by atoms with E-state index in [-0.39, 0.29) is 47.9 Å². The highest BCUT2D eigenvalue weighted by Gasteiger charge is 2.56. The van der Waals surface area contributed by atoms with Crippen LogP contribution in [0.25, 0.3) is 22.3 Å². The Hall–Kier alpha value is -5.11. The number of carboxylic acid groups (broad SMARTS) is 1. The van der Waals surface area contributed by atoms with Gasteiger partial charge in [0.2, 0.25) is 0 Å². The predicted octanol–water partition coefficient (Wildman–Crippen LogP) is 9.80. The first-order valence-corrected chi connectivity index (χ1v) is 27.3. The van der Waals surface area contributed by atoms with E-state index >= 15 is 0 Å². The fraction of sp³-hybridized carbons (Fsp3) is 0.490. The van der Waals surface area contributed by atoms with Crippen molar-refractivity contribution in [3.8, 4) is 33.8 Å². The first-order valence-electron chi connectivity index (χ1n) is 24.4. The number of carbonyl (C=O) groups is 2. The highest BCUT2D eigenvalue weighted by atomic mass is 35.5. The zero-order chi connectivity index (χ0) is 54.0. The van der Waals surface area contributed by atoms with Gasteiger partial charge in [0.1, 0.15) is 11.5 Å². The predicted molar refractivity (Wildman–Crippen MR) is 262 cm³/mol. The van der Waals surface area contributed by atoms with Gasteiger partial charge in [-0.3, -0.25) is 9.59 Å². The van der Waals surface area contributed by atoms with Crippen LogP contribution < -0.4 is 15.0 Å². The summed E-state index contributed by atoms with van der Waals surface area (Å²) in [6.07, 6.45) is -11.0. The van der Waals surface area contributed by atoms with Crippen molar-refractivity contribution in [1.82, 2.24) is 15.3 Å². The molecule has 2 saturated carbocycles. The molecular formula is C51H56ClF8N3O11S2. The fourth-order valence-electron chi connectivity index (χ4n) is 9.55. The largest absolute Gasteiger partial charge is 0.480 e. The number of aliphatic carboxylic acids is 1. The van der Waals surface area contributed by atoms with Crippen molar-refractivity contribution in [2.75, 3.05) is 32.8 Å². The van der Waals surface area contributed by atoms with Crippen LogP contribution in [0.3, 0.4) is 0 Å². The number of piperidine rings is 2. The lowest BCUT2D eigenvalue weighted by Crippen LogP contribution is -2.58. The topological polar surface area (TPSA) is 178 Å². The molecule has 3 heterocycles. The van der Waals surface area contributed by atoms with Gasteiger partial charge < -0.3 is 29.1 Å². The van der Waals surface area contributed by atoms with E-state index in [9.17, 15) is 66.7 Å². The number of rotatable bonds is 18. The number of ether oxygens (including phenoxy) is 3. The number of halogens is 9. The van der Waals surface area contributed by atoms with Crippen LogP contribution in [-0.4, -0.2) is 129 Å². The number of carbonyl (C=O) groups excluding carboxylic acids is 1. The van der Waals surface area contributed by atoms with Crippen molar-refractivity contribution >= 4 is 44.0 Å². The number of likely N-dealkylation sites (tertiary alicyclic amines) is 2. The lowest BCUT2D eigenvalue weighted by atomic mass is 9.94. The van der Waals surface area contributed by atoms with Crippen molar-refractivity contribution < 1.29 is 85.7 Å². The monoisotopic (exact) mass is 1140 g/mol. The molecule has 0 aromatic heterocycles. The third-order valence-corrected chi connectivity index (χ3v) is 19.3. The summed E-state index contributed by atoms with van der Waals surface area (Å²) in [6, 6.07) is 22.3. The standard InChI is InChI=1S/C28H32F4N2O6S.C23H23F4NO5S.ClH/c29-25(30)28(31,32)39-22-10-4-19(5-11-22)20-6-12-23(13-7-20)41(36,37)27(14-16-34(17-15-27)21-8-9-21)26(35)33-40-24-3-1-2-18-38-24;24-20(25)23(26,27)33-18-7-1-15(2-8-18)16-3-9-19(10-4-16)34(31,32)22(21(29)30)11-13-28(14-12-22)17-5-6-17;/h4-7,10-13,21,24-25H,1-3,8-9,14-18H2,(H,33,35);1-4,7-10,17,20H,5-6,11-14H2,(H,29,30);1H. The van der Waals surface area contributed by atoms with Crippen LogP contribution in [0, 0.1) is 0 Å². The van der Waals surface area contributed by atoms with Crippen molar-refractivity contribution in [3.05, 3.63) is 97.1 Å². The van der Waals surface area contributed by atoms with E-state index in [4.69, 9.17) is 9.57 Å². The van der Waals surface area contributed by atoms with Crippen LogP contribution in [0.15, 0.2) is 107 Å². The number of amides is 1. The molecule has 5 fully saturated rings. The summed E-state index contributed by atoms with van der Waals surface area (Å²) in [6.45, 7) is 2.26. The van der Waals surface area contributed by atoms with E-state index in [1.165, 1.54) is 72.8 Å². The van der Waals surface area contributed by atoms with Gasteiger partial charge >= 0.3 is 31.0 Å². The number of hydroxylamine groups is 1. The van der Waals surface area contributed by atoms with Crippen molar-refractivity contribution in [1.29, 1.82) is 0 Å². The maximum Gasteiger partial charge on any atom is 0.461 e. The highest BCUT2D eigenvalue weighted by molar-refractivity contribution is 7.94. The number of nitrogens with zero attached hydrogens (tertiary/aromatic N) is 2. The van der Waals surface area contributed by atoms with E-state index < -0.39 is 83.9 Å². The molecular weight excluding hydrogens is 1080 g/mol. The van der Waals surface area contributed by atoms with Gasteiger partial charge in [0.15, 0.2) is 35.5 Å². The number of sulfone groups is 2. The summed E-state index contributed by atoms with van der Waals surface area (Å²) in [5.74, 6) is -2.97. The van der Waals surface area contributed by atoms with Gasteiger partial charge in [-0.2, -0.15) is 35.1 Å². The molecule has 4 aromatic rings. The smallest absolute Gasteiger partial charge is 0.461 e. The Balaban J connectivity index is 0.000000222. The molecule has 3 aliphatic heterocycles. The first-order chi connectivity index (χ1) is 35.5. The van der Waals surface area contributed by atoms with Gasteiger partial charge in [-0.1, -0.05) is 48.5 Å². The molecule has 14 nitrogen and oxygen atoms in total. The average molecular weight is 1140 g/mol. The molecule has 1 amide bonds. The third kappa shape index (κ3) is 12.7. The van der Waals surface area contributed by atoms with Crippen LogP contribution in [0.2, 0.25) is 0 Å². The summed E-state index contributed by atoms with van der Waals surface area (Å²) < 4.78 is 167. The molecule has 0 radical (unpaired) electrons. The van der Waals surface area contributed by atoms with Gasteiger partial charge in [-0.05, 0) is 135 Å². The quantitative estimate of drug-likeness (QED) is 0.0712. The molecule has 1 unspecified atom stereocenters. The zero-order valence-electron chi connectivity index (χ0n) is 40.6. The van der Waals surface area contributed by atoms with Gasteiger partial charge in [0.05, 0.1) is 9.79 Å². The Labute approximate surface area is 440 Å². The maximum atomic E-state index is 14.1. The second kappa shape index (κ2) is 23.5. The SMILES string of the molecule is Cl.O=C(NOC1CCCCO1)C1(S(=O)(=O)c2ccc(-c3ccc(OC(F)(F)C(F)F)cc3)cc2)CCN(C2CC2)CC1.O=C(O)C1(S(=O)(=O)c2ccc(-c3ccc(OC(F)(F)C(F)F)cc3)cc2)CCN(C2CC2)CC1. The van der Waals surface area contributed by atoms with Gasteiger partial charge in [0.25, 0.3) is 5.91 Å². The molecule has 9 rings (SSSR count). The van der Waals surface area contributed by atoms with Gasteiger partial charge in [0, 0.05) is 51.3 Å². The summed E-state index contributed by atoms with van der Waals surface area (Å²) in [5, 5.41) is 9.89. The number of carboxylic acids is 1. The van der Waals surface area contributed by atoms with Gasteiger partial charge in [-0.15, -0.1) is 12.4 Å². The van der Waals surface area contributed by atoms with Crippen LogP contribution >= 0.6 is 12.4 Å². The second-order valence-electron chi connectivity index (χ2n) is 19.2. The summed E-state index contributed by atoms with van der Waals surface area (Å²) in [7, 11) is -8.36. The zero-order valence-corrected chi connectivity index (χ0v) is 43.1. The van der Waals surface area contributed by atoms with Crippen LogP contribution in [-0.2, 0) is 38.8 Å². The molecule has 25 heteroatoms.